The van der Waals surface area contributed by atoms with Crippen LogP contribution in [0.1, 0.15) is 58.6 Å². The zero-order valence-electron chi connectivity index (χ0n) is 20.8. The first kappa shape index (κ1) is 22.8. The van der Waals surface area contributed by atoms with Crippen molar-refractivity contribution in [1.82, 2.24) is 14.3 Å². The summed E-state index contributed by atoms with van der Waals surface area (Å²) in [7, 11) is 2.17. The molecule has 178 valence electrons. The van der Waals surface area contributed by atoms with Gasteiger partial charge in [-0.2, -0.15) is 0 Å². The molecule has 0 aromatic carbocycles. The maximum atomic E-state index is 13.2. The van der Waals surface area contributed by atoms with Crippen molar-refractivity contribution < 1.29 is 0 Å². The number of nitrogens with zero attached hydrogens (tertiary/aromatic N) is 5. The van der Waals surface area contributed by atoms with Crippen LogP contribution in [0.15, 0.2) is 63.2 Å². The molecule has 6 heteroatoms. The summed E-state index contributed by atoms with van der Waals surface area (Å²) in [6, 6.07) is 6.25. The van der Waals surface area contributed by atoms with Gasteiger partial charge in [0.1, 0.15) is 5.65 Å². The number of allylic oxidation sites excluding steroid dienone is 5. The molecule has 5 rings (SSSR count). The number of likely N-dealkylation sites (N-methyl/N-ethyl adjacent to an activating group) is 1. The minimum Gasteiger partial charge on any atom is -0.367 e. The van der Waals surface area contributed by atoms with Crippen LogP contribution in [0.5, 0.6) is 0 Å². The van der Waals surface area contributed by atoms with Gasteiger partial charge in [-0.3, -0.25) is 14.2 Å². The van der Waals surface area contributed by atoms with E-state index in [2.05, 4.69) is 55.8 Å². The van der Waals surface area contributed by atoms with Crippen molar-refractivity contribution in [3.05, 3.63) is 69.4 Å². The average Bonchev–Trinajstić information content (AvgIpc) is 2.82. The molecule has 6 nitrogen and oxygen atoms in total. The highest BCUT2D eigenvalue weighted by molar-refractivity contribution is 5.85. The molecular formula is C28H35N5O. The van der Waals surface area contributed by atoms with Crippen molar-refractivity contribution in [1.29, 1.82) is 0 Å². The predicted octanol–water partition coefficient (Wildman–Crippen LogP) is 4.86. The molecule has 1 aliphatic carbocycles. The van der Waals surface area contributed by atoms with E-state index in [-0.39, 0.29) is 5.56 Å². The summed E-state index contributed by atoms with van der Waals surface area (Å²) in [4.78, 5) is 27.7. The summed E-state index contributed by atoms with van der Waals surface area (Å²) >= 11 is 0. The molecule has 0 spiro atoms. The third kappa shape index (κ3) is 4.39. The van der Waals surface area contributed by atoms with Crippen molar-refractivity contribution in [3.63, 3.8) is 0 Å². The van der Waals surface area contributed by atoms with E-state index in [1.54, 1.807) is 10.5 Å². The Labute approximate surface area is 202 Å². The molecule has 1 fully saturated rings. The lowest BCUT2D eigenvalue weighted by molar-refractivity contribution is 0.234. The SMILES string of the molecule is CC/C1=C/C(c2cc(=O)n3cc(N4CCN(C)C(C)C4)ccc3n2)=C\CCC2=C1N=C(C)CC2. The molecule has 34 heavy (non-hydrogen) atoms. The van der Waals surface area contributed by atoms with Crippen LogP contribution in [0.2, 0.25) is 0 Å². The summed E-state index contributed by atoms with van der Waals surface area (Å²) in [6.45, 7) is 9.48. The van der Waals surface area contributed by atoms with E-state index in [1.807, 2.05) is 12.3 Å². The Kier molecular flexibility index (Phi) is 6.26. The topological polar surface area (TPSA) is 53.2 Å². The lowest BCUT2D eigenvalue weighted by atomic mass is 9.90. The van der Waals surface area contributed by atoms with Crippen molar-refractivity contribution in [2.45, 2.75) is 58.9 Å². The number of rotatable bonds is 3. The van der Waals surface area contributed by atoms with Gasteiger partial charge in [0.15, 0.2) is 0 Å². The Morgan fingerprint density at radius 3 is 2.79 bits per heavy atom. The number of fused-ring (bicyclic) bond motifs is 1. The minimum atomic E-state index is -0.0372. The van der Waals surface area contributed by atoms with E-state index in [4.69, 9.17) is 9.98 Å². The first-order valence-corrected chi connectivity index (χ1v) is 12.6. The summed E-state index contributed by atoms with van der Waals surface area (Å²) in [5.41, 5.74) is 8.58. The van der Waals surface area contributed by atoms with Crippen LogP contribution in [-0.4, -0.2) is 52.7 Å². The second-order valence-electron chi connectivity index (χ2n) is 9.89. The van der Waals surface area contributed by atoms with E-state index < -0.39 is 0 Å². The second-order valence-corrected chi connectivity index (χ2v) is 9.89. The standard InChI is InChI=1S/C28H35N5O/c1-5-21-15-23(8-6-7-22-10-9-19(2)29-28(21)22)25-16-27(34)33-18-24(11-12-26(33)30-25)32-14-13-31(4)20(3)17-32/h8,11-12,15-16,18,20H,5-7,9-10,13-14,17H2,1-4H3/b21-15-,23-8+. The lowest BCUT2D eigenvalue weighted by Gasteiger charge is -2.39. The fourth-order valence-electron chi connectivity index (χ4n) is 5.19. The Morgan fingerprint density at radius 1 is 1.15 bits per heavy atom. The molecular weight excluding hydrogens is 422 g/mol. The van der Waals surface area contributed by atoms with Crippen LogP contribution in [0.3, 0.4) is 0 Å². The normalized spacial score (nSPS) is 25.1. The van der Waals surface area contributed by atoms with Gasteiger partial charge in [-0.25, -0.2) is 4.98 Å². The smallest absolute Gasteiger partial charge is 0.258 e. The third-order valence-electron chi connectivity index (χ3n) is 7.52. The maximum Gasteiger partial charge on any atom is 0.258 e. The number of piperazine rings is 1. The zero-order valence-corrected chi connectivity index (χ0v) is 20.8. The van der Waals surface area contributed by atoms with Crippen LogP contribution in [0.25, 0.3) is 11.2 Å². The summed E-state index contributed by atoms with van der Waals surface area (Å²) in [5.74, 6) is 0. The van der Waals surface area contributed by atoms with Gasteiger partial charge in [-0.05, 0) is 87.9 Å². The highest BCUT2D eigenvalue weighted by atomic mass is 16.1. The van der Waals surface area contributed by atoms with E-state index in [9.17, 15) is 4.79 Å². The molecule has 4 heterocycles. The predicted molar refractivity (Wildman–Crippen MR) is 141 cm³/mol. The monoisotopic (exact) mass is 457 g/mol. The maximum absolute atomic E-state index is 13.2. The van der Waals surface area contributed by atoms with E-state index in [1.165, 1.54) is 22.6 Å². The molecule has 0 N–H and O–H groups in total. The molecule has 1 unspecified atom stereocenters. The van der Waals surface area contributed by atoms with Gasteiger partial charge in [0.2, 0.25) is 0 Å². The average molecular weight is 458 g/mol. The first-order chi connectivity index (χ1) is 16.4. The first-order valence-electron chi connectivity index (χ1n) is 12.6. The van der Waals surface area contributed by atoms with Crippen molar-refractivity contribution in [3.8, 4) is 0 Å². The highest BCUT2D eigenvalue weighted by Crippen LogP contribution is 2.34. The largest absolute Gasteiger partial charge is 0.367 e. The van der Waals surface area contributed by atoms with Crippen LogP contribution >= 0.6 is 0 Å². The van der Waals surface area contributed by atoms with Crippen molar-refractivity contribution in [2.24, 2.45) is 4.99 Å². The number of aliphatic imine (C=N–C) groups is 1. The Balaban J connectivity index is 1.50. The van der Waals surface area contributed by atoms with Gasteiger partial charge in [0, 0.05) is 43.7 Å². The Morgan fingerprint density at radius 2 is 2.00 bits per heavy atom. The molecule has 2 aromatic rings. The van der Waals surface area contributed by atoms with Crippen LogP contribution in [0.4, 0.5) is 5.69 Å². The van der Waals surface area contributed by atoms with Crippen LogP contribution < -0.4 is 10.5 Å². The van der Waals surface area contributed by atoms with Gasteiger partial charge >= 0.3 is 0 Å². The molecule has 2 aromatic heterocycles. The van der Waals surface area contributed by atoms with Gasteiger partial charge < -0.3 is 9.80 Å². The molecule has 0 amide bonds. The number of anilines is 1. The summed E-state index contributed by atoms with van der Waals surface area (Å²) < 4.78 is 1.69. The molecule has 0 radical (unpaired) electrons. The fourth-order valence-corrected chi connectivity index (χ4v) is 5.19. The summed E-state index contributed by atoms with van der Waals surface area (Å²) in [5, 5.41) is 0. The van der Waals surface area contributed by atoms with Gasteiger partial charge in [-0.1, -0.05) is 13.0 Å². The quantitative estimate of drug-likeness (QED) is 0.661. The number of hydrogen-bond donors (Lipinski definition) is 0. The van der Waals surface area contributed by atoms with E-state index >= 15 is 0 Å². The molecule has 2 aliphatic heterocycles. The van der Waals surface area contributed by atoms with Crippen molar-refractivity contribution in [2.75, 3.05) is 31.6 Å². The van der Waals surface area contributed by atoms with Gasteiger partial charge in [-0.15, -0.1) is 0 Å². The number of pyridine rings is 1. The Hall–Kier alpha value is -2.99. The zero-order chi connectivity index (χ0) is 23.8. The van der Waals surface area contributed by atoms with Crippen LogP contribution in [-0.2, 0) is 0 Å². The van der Waals surface area contributed by atoms with Gasteiger partial charge in [0.05, 0.1) is 17.1 Å². The minimum absolute atomic E-state index is 0.0372. The lowest BCUT2D eigenvalue weighted by Crippen LogP contribution is -2.50. The molecule has 3 aliphatic rings. The number of hydrogen-bond acceptors (Lipinski definition) is 5. The highest BCUT2D eigenvalue weighted by Gasteiger charge is 2.22. The molecule has 1 atom stereocenters. The molecule has 1 saturated heterocycles. The van der Waals surface area contributed by atoms with Crippen LogP contribution in [0, 0.1) is 0 Å². The molecule has 0 bridgehead atoms. The van der Waals surface area contributed by atoms with Crippen molar-refractivity contribution >= 4 is 22.6 Å². The second kappa shape index (κ2) is 9.34. The fraction of sp³-hybridized carbons (Fsp3) is 0.464. The third-order valence-corrected chi connectivity index (χ3v) is 7.52. The molecule has 0 saturated carbocycles. The number of aromatic nitrogens is 2. The Bertz CT molecular complexity index is 1300. The summed E-state index contributed by atoms with van der Waals surface area (Å²) in [6.07, 6.45) is 11.4. The van der Waals surface area contributed by atoms with E-state index in [0.29, 0.717) is 11.7 Å². The van der Waals surface area contributed by atoms with E-state index in [0.717, 1.165) is 68.7 Å². The van der Waals surface area contributed by atoms with Gasteiger partial charge in [0.25, 0.3) is 5.56 Å².